The zero-order chi connectivity index (χ0) is 12.4. The first kappa shape index (κ1) is 12.0. The number of nitrogens with zero attached hydrogens (tertiary/aromatic N) is 2. The van der Waals surface area contributed by atoms with Crippen LogP contribution in [0.5, 0.6) is 5.88 Å². The van der Waals surface area contributed by atoms with Crippen LogP contribution in [0, 0.1) is 0 Å². The van der Waals surface area contributed by atoms with Crippen molar-refractivity contribution in [1.82, 2.24) is 9.97 Å². The normalized spacial score (nSPS) is 16.6. The van der Waals surface area contributed by atoms with E-state index in [-0.39, 0.29) is 0 Å². The van der Waals surface area contributed by atoms with Crippen molar-refractivity contribution in [3.8, 4) is 5.88 Å². The summed E-state index contributed by atoms with van der Waals surface area (Å²) in [5.74, 6) is 2.52. The van der Waals surface area contributed by atoms with Crippen LogP contribution in [0.15, 0.2) is 0 Å². The highest BCUT2D eigenvalue weighted by atomic mass is 16.5. The first-order valence-corrected chi connectivity index (χ1v) is 6.13. The van der Waals surface area contributed by atoms with Gasteiger partial charge in [0.15, 0.2) is 5.82 Å². The predicted molar refractivity (Wildman–Crippen MR) is 68.3 cm³/mol. The first-order valence-electron chi connectivity index (χ1n) is 6.13. The standard InChI is InChI=1S/C12H20N4O/c1-4-7(2)14-11-9(13)12(17-3)16-10(15-11)8-5-6-8/h7-8H,4-6,13H2,1-3H3,(H,14,15,16). The van der Waals surface area contributed by atoms with Crippen molar-refractivity contribution in [2.75, 3.05) is 18.2 Å². The highest BCUT2D eigenvalue weighted by Gasteiger charge is 2.28. The monoisotopic (exact) mass is 236 g/mol. The van der Waals surface area contributed by atoms with E-state index in [9.17, 15) is 0 Å². The maximum absolute atomic E-state index is 5.97. The quantitative estimate of drug-likeness (QED) is 0.819. The Balaban J connectivity index is 2.30. The van der Waals surface area contributed by atoms with Crippen molar-refractivity contribution in [2.24, 2.45) is 0 Å². The van der Waals surface area contributed by atoms with E-state index in [1.54, 1.807) is 7.11 Å². The summed E-state index contributed by atoms with van der Waals surface area (Å²) in [5, 5.41) is 3.30. The summed E-state index contributed by atoms with van der Waals surface area (Å²) in [6, 6.07) is 0.337. The summed E-state index contributed by atoms with van der Waals surface area (Å²) in [4.78, 5) is 8.85. The van der Waals surface area contributed by atoms with Crippen LogP contribution in [0.2, 0.25) is 0 Å². The third kappa shape index (κ3) is 2.60. The maximum atomic E-state index is 5.97. The van der Waals surface area contributed by atoms with Gasteiger partial charge in [0.05, 0.1) is 7.11 Å². The molecule has 1 aliphatic carbocycles. The average Bonchev–Trinajstić information content (AvgIpc) is 3.15. The Kier molecular flexibility index (Phi) is 3.36. The van der Waals surface area contributed by atoms with E-state index < -0.39 is 0 Å². The molecule has 0 spiro atoms. The smallest absolute Gasteiger partial charge is 0.242 e. The molecule has 5 nitrogen and oxygen atoms in total. The first-order chi connectivity index (χ1) is 8.15. The molecule has 1 heterocycles. The minimum atomic E-state index is 0.337. The highest BCUT2D eigenvalue weighted by Crippen LogP contribution is 2.40. The Morgan fingerprint density at radius 3 is 2.71 bits per heavy atom. The molecule has 2 rings (SSSR count). The van der Waals surface area contributed by atoms with Gasteiger partial charge in [-0.25, -0.2) is 4.98 Å². The zero-order valence-corrected chi connectivity index (χ0v) is 10.7. The summed E-state index contributed by atoms with van der Waals surface area (Å²) in [6.07, 6.45) is 3.34. The maximum Gasteiger partial charge on any atom is 0.242 e. The van der Waals surface area contributed by atoms with Gasteiger partial charge in [-0.05, 0) is 26.2 Å². The Morgan fingerprint density at radius 2 is 2.18 bits per heavy atom. The lowest BCUT2D eigenvalue weighted by Crippen LogP contribution is -2.17. The number of hydrogen-bond donors (Lipinski definition) is 2. The molecular weight excluding hydrogens is 216 g/mol. The van der Waals surface area contributed by atoms with Gasteiger partial charge in [0, 0.05) is 12.0 Å². The van der Waals surface area contributed by atoms with Gasteiger partial charge in [0.2, 0.25) is 5.88 Å². The molecule has 5 heteroatoms. The number of nitrogens with one attached hydrogen (secondary N) is 1. The van der Waals surface area contributed by atoms with Crippen LogP contribution in [0.25, 0.3) is 0 Å². The molecule has 1 aromatic rings. The molecule has 94 valence electrons. The van der Waals surface area contributed by atoms with E-state index in [1.165, 1.54) is 0 Å². The average molecular weight is 236 g/mol. The molecule has 1 saturated carbocycles. The fourth-order valence-electron chi connectivity index (χ4n) is 1.59. The largest absolute Gasteiger partial charge is 0.479 e. The van der Waals surface area contributed by atoms with Crippen LogP contribution in [0.3, 0.4) is 0 Å². The number of hydrogen-bond acceptors (Lipinski definition) is 5. The molecular formula is C12H20N4O. The van der Waals surface area contributed by atoms with Gasteiger partial charge < -0.3 is 15.8 Å². The molecule has 0 amide bonds. The minimum absolute atomic E-state index is 0.337. The van der Waals surface area contributed by atoms with Gasteiger partial charge in [0.25, 0.3) is 0 Å². The van der Waals surface area contributed by atoms with Gasteiger partial charge in [-0.3, -0.25) is 0 Å². The molecule has 1 atom stereocenters. The molecule has 1 fully saturated rings. The number of aromatic nitrogens is 2. The lowest BCUT2D eigenvalue weighted by molar-refractivity contribution is 0.397. The van der Waals surface area contributed by atoms with Crippen LogP contribution in [0.1, 0.15) is 44.9 Å². The minimum Gasteiger partial charge on any atom is -0.479 e. The van der Waals surface area contributed by atoms with Crippen LogP contribution < -0.4 is 15.8 Å². The number of methoxy groups -OCH3 is 1. The SMILES string of the molecule is CCC(C)Nc1nc(C2CC2)nc(OC)c1N. The van der Waals surface area contributed by atoms with E-state index in [4.69, 9.17) is 10.5 Å². The lowest BCUT2D eigenvalue weighted by Gasteiger charge is -2.16. The van der Waals surface area contributed by atoms with Crippen molar-refractivity contribution in [1.29, 1.82) is 0 Å². The molecule has 0 radical (unpaired) electrons. The van der Waals surface area contributed by atoms with Crippen LogP contribution >= 0.6 is 0 Å². The van der Waals surface area contributed by atoms with Crippen molar-refractivity contribution in [3.63, 3.8) is 0 Å². The van der Waals surface area contributed by atoms with Crippen molar-refractivity contribution < 1.29 is 4.74 Å². The molecule has 0 aromatic carbocycles. The highest BCUT2D eigenvalue weighted by molar-refractivity contribution is 5.67. The Morgan fingerprint density at radius 1 is 1.47 bits per heavy atom. The van der Waals surface area contributed by atoms with Crippen LogP contribution in [0.4, 0.5) is 11.5 Å². The fourth-order valence-corrected chi connectivity index (χ4v) is 1.59. The molecule has 17 heavy (non-hydrogen) atoms. The molecule has 1 aliphatic rings. The Hall–Kier alpha value is -1.52. The summed E-state index contributed by atoms with van der Waals surface area (Å²) in [7, 11) is 1.59. The second kappa shape index (κ2) is 4.77. The molecule has 3 N–H and O–H groups in total. The van der Waals surface area contributed by atoms with Gasteiger partial charge >= 0.3 is 0 Å². The van der Waals surface area contributed by atoms with E-state index >= 15 is 0 Å². The molecule has 1 unspecified atom stereocenters. The van der Waals surface area contributed by atoms with Crippen molar-refractivity contribution in [2.45, 2.75) is 45.1 Å². The third-order valence-corrected chi connectivity index (χ3v) is 3.06. The van der Waals surface area contributed by atoms with Crippen molar-refractivity contribution >= 4 is 11.5 Å². The molecule has 0 aliphatic heterocycles. The number of rotatable bonds is 5. The number of anilines is 2. The van der Waals surface area contributed by atoms with Crippen molar-refractivity contribution in [3.05, 3.63) is 5.82 Å². The predicted octanol–water partition coefficient (Wildman–Crippen LogP) is 2.16. The topological polar surface area (TPSA) is 73.1 Å². The fraction of sp³-hybridized carbons (Fsp3) is 0.667. The number of nitrogens with two attached hydrogens (primary N) is 1. The summed E-state index contributed by atoms with van der Waals surface area (Å²) < 4.78 is 5.20. The summed E-state index contributed by atoms with van der Waals surface area (Å²) in [6.45, 7) is 4.22. The second-order valence-corrected chi connectivity index (χ2v) is 4.58. The number of ether oxygens (including phenoxy) is 1. The van der Waals surface area contributed by atoms with Gasteiger partial charge in [0.1, 0.15) is 11.5 Å². The van der Waals surface area contributed by atoms with Crippen LogP contribution in [-0.2, 0) is 0 Å². The second-order valence-electron chi connectivity index (χ2n) is 4.58. The third-order valence-electron chi connectivity index (χ3n) is 3.06. The zero-order valence-electron chi connectivity index (χ0n) is 10.7. The molecule has 0 bridgehead atoms. The van der Waals surface area contributed by atoms with Gasteiger partial charge in [-0.1, -0.05) is 6.92 Å². The molecule has 0 saturated heterocycles. The van der Waals surface area contributed by atoms with Gasteiger partial charge in [-0.15, -0.1) is 0 Å². The van der Waals surface area contributed by atoms with E-state index in [0.717, 1.165) is 25.1 Å². The van der Waals surface area contributed by atoms with E-state index in [2.05, 4.69) is 29.1 Å². The van der Waals surface area contributed by atoms with Gasteiger partial charge in [-0.2, -0.15) is 4.98 Å². The van der Waals surface area contributed by atoms with E-state index in [1.807, 2.05) is 0 Å². The summed E-state index contributed by atoms with van der Waals surface area (Å²) in [5.41, 5.74) is 6.47. The Bertz CT molecular complexity index is 404. The molecule has 1 aromatic heterocycles. The van der Waals surface area contributed by atoms with E-state index in [0.29, 0.717) is 29.3 Å². The Labute approximate surface area is 102 Å². The summed E-state index contributed by atoms with van der Waals surface area (Å²) >= 11 is 0. The number of nitrogen functional groups attached to an aromatic ring is 1. The van der Waals surface area contributed by atoms with Crippen LogP contribution in [-0.4, -0.2) is 23.1 Å². The lowest BCUT2D eigenvalue weighted by atomic mass is 10.2.